The SMILES string of the molecule is Cc1ccc(C(=O)N(c2ccccn2)C2CC2)cc1. The van der Waals surface area contributed by atoms with Crippen molar-refractivity contribution in [3.63, 3.8) is 0 Å². The summed E-state index contributed by atoms with van der Waals surface area (Å²) in [4.78, 5) is 18.8. The summed E-state index contributed by atoms with van der Waals surface area (Å²) in [6.07, 6.45) is 3.86. The van der Waals surface area contributed by atoms with E-state index in [-0.39, 0.29) is 5.91 Å². The second kappa shape index (κ2) is 4.84. The zero-order valence-corrected chi connectivity index (χ0v) is 10.9. The first-order valence-electron chi connectivity index (χ1n) is 6.57. The van der Waals surface area contributed by atoms with Crippen molar-refractivity contribution in [1.29, 1.82) is 0 Å². The standard InChI is InChI=1S/C16H16N2O/c1-12-5-7-13(8-6-12)16(19)18(14-9-10-14)15-4-2-3-11-17-15/h2-8,11,14H,9-10H2,1H3. The number of carbonyl (C=O) groups is 1. The highest BCUT2D eigenvalue weighted by atomic mass is 16.2. The first-order valence-corrected chi connectivity index (χ1v) is 6.57. The number of anilines is 1. The molecule has 0 aliphatic heterocycles. The third-order valence-electron chi connectivity index (χ3n) is 3.33. The molecule has 1 fully saturated rings. The number of nitrogens with zero attached hydrogens (tertiary/aromatic N) is 2. The summed E-state index contributed by atoms with van der Waals surface area (Å²) in [6.45, 7) is 2.02. The molecule has 3 heteroatoms. The van der Waals surface area contributed by atoms with Gasteiger partial charge in [-0.3, -0.25) is 9.69 Å². The molecule has 2 aromatic rings. The summed E-state index contributed by atoms with van der Waals surface area (Å²) < 4.78 is 0. The number of amides is 1. The smallest absolute Gasteiger partial charge is 0.259 e. The average molecular weight is 252 g/mol. The summed E-state index contributed by atoms with van der Waals surface area (Å²) in [7, 11) is 0. The van der Waals surface area contributed by atoms with E-state index in [1.54, 1.807) is 6.20 Å². The van der Waals surface area contributed by atoms with Gasteiger partial charge in [-0.05, 0) is 44.0 Å². The molecule has 0 bridgehead atoms. The van der Waals surface area contributed by atoms with Gasteiger partial charge in [0.15, 0.2) is 0 Å². The molecule has 3 nitrogen and oxygen atoms in total. The van der Waals surface area contributed by atoms with E-state index in [9.17, 15) is 4.79 Å². The Morgan fingerprint density at radius 1 is 1.16 bits per heavy atom. The number of aryl methyl sites for hydroxylation is 1. The fourth-order valence-electron chi connectivity index (χ4n) is 2.12. The lowest BCUT2D eigenvalue weighted by Crippen LogP contribution is -2.33. The zero-order valence-electron chi connectivity index (χ0n) is 10.9. The molecule has 3 rings (SSSR count). The molecule has 1 amide bonds. The van der Waals surface area contributed by atoms with Crippen molar-refractivity contribution < 1.29 is 4.79 Å². The molecule has 0 unspecified atom stereocenters. The second-order valence-electron chi connectivity index (χ2n) is 4.96. The van der Waals surface area contributed by atoms with Crippen LogP contribution in [0.3, 0.4) is 0 Å². The minimum absolute atomic E-state index is 0.0428. The third kappa shape index (κ3) is 2.50. The van der Waals surface area contributed by atoms with E-state index in [2.05, 4.69) is 4.98 Å². The highest BCUT2D eigenvalue weighted by Gasteiger charge is 2.34. The molecule has 0 atom stereocenters. The lowest BCUT2D eigenvalue weighted by molar-refractivity contribution is 0.0984. The van der Waals surface area contributed by atoms with Crippen LogP contribution in [0.1, 0.15) is 28.8 Å². The van der Waals surface area contributed by atoms with Gasteiger partial charge >= 0.3 is 0 Å². The van der Waals surface area contributed by atoms with Crippen molar-refractivity contribution >= 4 is 11.7 Å². The number of rotatable bonds is 3. The van der Waals surface area contributed by atoms with Crippen LogP contribution in [-0.2, 0) is 0 Å². The minimum Gasteiger partial charge on any atom is -0.290 e. The molecule has 1 saturated carbocycles. The number of hydrogen-bond donors (Lipinski definition) is 0. The van der Waals surface area contributed by atoms with E-state index in [0.717, 1.165) is 29.8 Å². The van der Waals surface area contributed by atoms with E-state index < -0.39 is 0 Å². The van der Waals surface area contributed by atoms with Gasteiger partial charge in [-0.15, -0.1) is 0 Å². The van der Waals surface area contributed by atoms with Gasteiger partial charge in [0, 0.05) is 17.8 Å². The Kier molecular flexibility index (Phi) is 3.03. The van der Waals surface area contributed by atoms with Crippen molar-refractivity contribution in [2.75, 3.05) is 4.90 Å². The van der Waals surface area contributed by atoms with Crippen LogP contribution in [0.4, 0.5) is 5.82 Å². The Hall–Kier alpha value is -2.16. The van der Waals surface area contributed by atoms with Crippen LogP contribution in [0.25, 0.3) is 0 Å². The second-order valence-corrected chi connectivity index (χ2v) is 4.96. The lowest BCUT2D eigenvalue weighted by Gasteiger charge is -2.21. The van der Waals surface area contributed by atoms with Gasteiger partial charge in [0.25, 0.3) is 5.91 Å². The van der Waals surface area contributed by atoms with Crippen LogP contribution in [0, 0.1) is 6.92 Å². The normalized spacial score (nSPS) is 14.2. The molecular formula is C16H16N2O. The molecule has 0 N–H and O–H groups in total. The quantitative estimate of drug-likeness (QED) is 0.840. The van der Waals surface area contributed by atoms with Crippen LogP contribution in [0.15, 0.2) is 48.7 Å². The van der Waals surface area contributed by atoms with E-state index in [1.165, 1.54) is 0 Å². The average Bonchev–Trinajstić information content (AvgIpc) is 3.25. The zero-order chi connectivity index (χ0) is 13.2. The monoisotopic (exact) mass is 252 g/mol. The van der Waals surface area contributed by atoms with Gasteiger partial charge in [0.1, 0.15) is 5.82 Å². The fourth-order valence-corrected chi connectivity index (χ4v) is 2.12. The Balaban J connectivity index is 1.92. The lowest BCUT2D eigenvalue weighted by atomic mass is 10.1. The van der Waals surface area contributed by atoms with Gasteiger partial charge in [0.05, 0.1) is 0 Å². The number of hydrogen-bond acceptors (Lipinski definition) is 2. The molecule has 0 spiro atoms. The first kappa shape index (κ1) is 11.9. The van der Waals surface area contributed by atoms with Crippen molar-refractivity contribution in [3.05, 3.63) is 59.8 Å². The van der Waals surface area contributed by atoms with Crippen LogP contribution in [0.2, 0.25) is 0 Å². The predicted molar refractivity (Wildman–Crippen MR) is 75.2 cm³/mol. The topological polar surface area (TPSA) is 33.2 Å². The van der Waals surface area contributed by atoms with Crippen molar-refractivity contribution in [3.8, 4) is 0 Å². The van der Waals surface area contributed by atoms with Crippen molar-refractivity contribution in [2.24, 2.45) is 0 Å². The van der Waals surface area contributed by atoms with E-state index in [0.29, 0.717) is 6.04 Å². The Bertz CT molecular complexity index is 573. The maximum atomic E-state index is 12.6. The summed E-state index contributed by atoms with van der Waals surface area (Å²) >= 11 is 0. The largest absolute Gasteiger partial charge is 0.290 e. The van der Waals surface area contributed by atoms with Gasteiger partial charge in [-0.25, -0.2) is 4.98 Å². The molecule has 0 radical (unpaired) electrons. The number of carbonyl (C=O) groups excluding carboxylic acids is 1. The number of benzene rings is 1. The maximum absolute atomic E-state index is 12.6. The van der Waals surface area contributed by atoms with E-state index >= 15 is 0 Å². The maximum Gasteiger partial charge on any atom is 0.259 e. The molecule has 1 heterocycles. The predicted octanol–water partition coefficient (Wildman–Crippen LogP) is 3.20. The highest BCUT2D eigenvalue weighted by Crippen LogP contribution is 2.31. The third-order valence-corrected chi connectivity index (χ3v) is 3.33. The molecule has 1 aromatic carbocycles. The summed E-state index contributed by atoms with van der Waals surface area (Å²) in [5.74, 6) is 0.789. The Morgan fingerprint density at radius 3 is 2.47 bits per heavy atom. The Labute approximate surface area is 112 Å². The fraction of sp³-hybridized carbons (Fsp3) is 0.250. The summed E-state index contributed by atoms with van der Waals surface area (Å²) in [5.41, 5.74) is 1.88. The summed E-state index contributed by atoms with van der Waals surface area (Å²) in [5, 5.41) is 0. The first-order chi connectivity index (χ1) is 9.25. The molecule has 1 aliphatic rings. The molecule has 19 heavy (non-hydrogen) atoms. The van der Waals surface area contributed by atoms with E-state index in [1.807, 2.05) is 54.3 Å². The van der Waals surface area contributed by atoms with Crippen LogP contribution < -0.4 is 4.90 Å². The number of aromatic nitrogens is 1. The summed E-state index contributed by atoms with van der Waals surface area (Å²) in [6, 6.07) is 13.7. The Morgan fingerprint density at radius 2 is 1.89 bits per heavy atom. The highest BCUT2D eigenvalue weighted by molar-refractivity contribution is 6.06. The van der Waals surface area contributed by atoms with Crippen LogP contribution >= 0.6 is 0 Å². The molecular weight excluding hydrogens is 236 g/mol. The van der Waals surface area contributed by atoms with Crippen molar-refractivity contribution in [2.45, 2.75) is 25.8 Å². The van der Waals surface area contributed by atoms with Crippen LogP contribution in [0.5, 0.6) is 0 Å². The van der Waals surface area contributed by atoms with Gasteiger partial charge in [0.2, 0.25) is 0 Å². The van der Waals surface area contributed by atoms with Gasteiger partial charge in [-0.1, -0.05) is 23.8 Å². The van der Waals surface area contributed by atoms with Crippen molar-refractivity contribution in [1.82, 2.24) is 4.98 Å². The molecule has 1 aromatic heterocycles. The van der Waals surface area contributed by atoms with Crippen LogP contribution in [-0.4, -0.2) is 16.9 Å². The van der Waals surface area contributed by atoms with E-state index in [4.69, 9.17) is 0 Å². The minimum atomic E-state index is 0.0428. The van der Waals surface area contributed by atoms with Gasteiger partial charge in [-0.2, -0.15) is 0 Å². The molecule has 0 saturated heterocycles. The number of pyridine rings is 1. The molecule has 96 valence electrons. The van der Waals surface area contributed by atoms with Gasteiger partial charge < -0.3 is 0 Å². The molecule has 1 aliphatic carbocycles.